The van der Waals surface area contributed by atoms with E-state index < -0.39 is 0 Å². The normalized spacial score (nSPS) is 14.1. The number of rotatable bonds is 5. The summed E-state index contributed by atoms with van der Waals surface area (Å²) in [6, 6.07) is 15.8. The van der Waals surface area contributed by atoms with Crippen LogP contribution in [-0.2, 0) is 13.0 Å². The molecule has 0 atom stereocenters. The van der Waals surface area contributed by atoms with Crippen LogP contribution in [0.1, 0.15) is 28.0 Å². The summed E-state index contributed by atoms with van der Waals surface area (Å²) < 4.78 is 1.42. The summed E-state index contributed by atoms with van der Waals surface area (Å²) in [4.78, 5) is 30.3. The molecule has 1 aliphatic heterocycles. The molecule has 0 saturated carbocycles. The third-order valence-corrected chi connectivity index (χ3v) is 5.63. The molecule has 8 nitrogen and oxygen atoms in total. The average Bonchev–Trinajstić information content (AvgIpc) is 3.23. The minimum atomic E-state index is -0.380. The van der Waals surface area contributed by atoms with Crippen LogP contribution in [-0.4, -0.2) is 50.3 Å². The van der Waals surface area contributed by atoms with Crippen molar-refractivity contribution in [1.82, 2.24) is 30.0 Å². The molecule has 1 amide bonds. The number of hydrogen-bond donors (Lipinski definition) is 2. The molecular weight excluding hydrogens is 380 g/mol. The van der Waals surface area contributed by atoms with Crippen molar-refractivity contribution in [2.24, 2.45) is 0 Å². The van der Waals surface area contributed by atoms with E-state index >= 15 is 0 Å². The first-order valence-corrected chi connectivity index (χ1v) is 10.1. The van der Waals surface area contributed by atoms with E-state index in [0.29, 0.717) is 17.6 Å². The van der Waals surface area contributed by atoms with Gasteiger partial charge < -0.3 is 10.3 Å². The quantitative estimate of drug-likeness (QED) is 0.496. The fourth-order valence-corrected chi connectivity index (χ4v) is 4.09. The first kappa shape index (κ1) is 18.5. The second-order valence-corrected chi connectivity index (χ2v) is 7.57. The Bertz CT molecular complexity index is 1290. The summed E-state index contributed by atoms with van der Waals surface area (Å²) >= 11 is 0. The van der Waals surface area contributed by atoms with E-state index in [1.807, 2.05) is 18.2 Å². The highest BCUT2D eigenvalue weighted by Gasteiger charge is 2.20. The Morgan fingerprint density at radius 1 is 1.10 bits per heavy atom. The summed E-state index contributed by atoms with van der Waals surface area (Å²) in [7, 11) is 0. The predicted octanol–water partition coefficient (Wildman–Crippen LogP) is 1.75. The molecule has 0 aliphatic carbocycles. The van der Waals surface area contributed by atoms with Gasteiger partial charge in [0, 0.05) is 26.2 Å². The SMILES string of the molecule is O=C(NCCCN1CCc2ccccc2C1)c1nnn2c1c(=O)[nH]c1ccccc12. The van der Waals surface area contributed by atoms with Crippen LogP contribution < -0.4 is 10.9 Å². The highest BCUT2D eigenvalue weighted by molar-refractivity contribution is 5.99. The van der Waals surface area contributed by atoms with Gasteiger partial charge in [-0.15, -0.1) is 5.10 Å². The Kier molecular flexibility index (Phi) is 4.76. The van der Waals surface area contributed by atoms with E-state index in [4.69, 9.17) is 0 Å². The molecule has 3 heterocycles. The van der Waals surface area contributed by atoms with Crippen molar-refractivity contribution in [3.8, 4) is 0 Å². The molecule has 0 unspecified atom stereocenters. The molecule has 2 aromatic heterocycles. The molecule has 0 saturated heterocycles. The second-order valence-electron chi connectivity index (χ2n) is 7.57. The smallest absolute Gasteiger partial charge is 0.277 e. The predicted molar refractivity (Wildman–Crippen MR) is 113 cm³/mol. The van der Waals surface area contributed by atoms with Crippen LogP contribution in [0.3, 0.4) is 0 Å². The van der Waals surface area contributed by atoms with E-state index in [2.05, 4.69) is 49.8 Å². The highest BCUT2D eigenvalue weighted by atomic mass is 16.2. The Morgan fingerprint density at radius 3 is 2.80 bits per heavy atom. The number of para-hydroxylation sites is 2. The summed E-state index contributed by atoms with van der Waals surface area (Å²) in [5, 5.41) is 10.9. The van der Waals surface area contributed by atoms with Crippen molar-refractivity contribution in [2.45, 2.75) is 19.4 Å². The number of benzene rings is 2. The summed E-state index contributed by atoms with van der Waals surface area (Å²) in [6.07, 6.45) is 1.89. The monoisotopic (exact) mass is 402 g/mol. The van der Waals surface area contributed by atoms with Gasteiger partial charge in [-0.05, 0) is 36.1 Å². The zero-order valence-corrected chi connectivity index (χ0v) is 16.5. The van der Waals surface area contributed by atoms with Gasteiger partial charge in [-0.3, -0.25) is 14.5 Å². The van der Waals surface area contributed by atoms with Crippen LogP contribution in [0, 0.1) is 0 Å². The maximum absolute atomic E-state index is 12.6. The number of nitrogens with zero attached hydrogens (tertiary/aromatic N) is 4. The van der Waals surface area contributed by atoms with Gasteiger partial charge in [0.15, 0.2) is 11.2 Å². The number of nitrogens with one attached hydrogen (secondary N) is 2. The molecule has 5 rings (SSSR count). The van der Waals surface area contributed by atoms with Gasteiger partial charge in [-0.1, -0.05) is 41.6 Å². The van der Waals surface area contributed by atoms with Crippen LogP contribution in [0.4, 0.5) is 0 Å². The van der Waals surface area contributed by atoms with Crippen molar-refractivity contribution >= 4 is 22.5 Å². The topological polar surface area (TPSA) is 95.4 Å². The second kappa shape index (κ2) is 7.72. The van der Waals surface area contributed by atoms with Gasteiger partial charge in [0.05, 0.1) is 11.0 Å². The largest absolute Gasteiger partial charge is 0.351 e. The lowest BCUT2D eigenvalue weighted by atomic mass is 10.00. The number of aromatic amines is 1. The number of aromatic nitrogens is 4. The number of hydrogen-bond acceptors (Lipinski definition) is 5. The van der Waals surface area contributed by atoms with E-state index in [-0.39, 0.29) is 22.7 Å². The Hall–Kier alpha value is -3.52. The molecule has 0 bridgehead atoms. The Morgan fingerprint density at radius 2 is 1.90 bits per heavy atom. The fourth-order valence-electron chi connectivity index (χ4n) is 4.09. The first-order chi connectivity index (χ1) is 14.7. The van der Waals surface area contributed by atoms with E-state index in [9.17, 15) is 9.59 Å². The lowest BCUT2D eigenvalue weighted by Gasteiger charge is -2.28. The molecule has 2 aromatic carbocycles. The summed E-state index contributed by atoms with van der Waals surface area (Å²) in [6.45, 7) is 3.40. The van der Waals surface area contributed by atoms with Gasteiger partial charge in [0.1, 0.15) is 0 Å². The number of amides is 1. The van der Waals surface area contributed by atoms with Crippen LogP contribution in [0.25, 0.3) is 16.6 Å². The molecule has 0 radical (unpaired) electrons. The maximum atomic E-state index is 12.6. The number of carbonyl (C=O) groups is 1. The highest BCUT2D eigenvalue weighted by Crippen LogP contribution is 2.18. The summed E-state index contributed by atoms with van der Waals surface area (Å²) in [5.74, 6) is -0.380. The molecule has 0 spiro atoms. The van der Waals surface area contributed by atoms with Gasteiger partial charge in [0.25, 0.3) is 11.5 Å². The zero-order valence-electron chi connectivity index (χ0n) is 16.5. The maximum Gasteiger partial charge on any atom is 0.277 e. The molecule has 0 fully saturated rings. The fraction of sp³-hybridized carbons (Fsp3) is 0.273. The van der Waals surface area contributed by atoms with E-state index in [0.717, 1.165) is 32.5 Å². The van der Waals surface area contributed by atoms with Crippen LogP contribution >= 0.6 is 0 Å². The van der Waals surface area contributed by atoms with Crippen molar-refractivity contribution in [3.05, 3.63) is 75.7 Å². The van der Waals surface area contributed by atoms with Gasteiger partial charge in [0.2, 0.25) is 0 Å². The molecular formula is C22H22N6O2. The van der Waals surface area contributed by atoms with Crippen molar-refractivity contribution in [2.75, 3.05) is 19.6 Å². The third-order valence-electron chi connectivity index (χ3n) is 5.63. The van der Waals surface area contributed by atoms with Crippen LogP contribution in [0.5, 0.6) is 0 Å². The number of H-pyrrole nitrogens is 1. The molecule has 152 valence electrons. The van der Waals surface area contributed by atoms with Crippen molar-refractivity contribution in [1.29, 1.82) is 0 Å². The molecule has 4 aromatic rings. The Labute approximate surface area is 172 Å². The number of carbonyl (C=O) groups excluding carboxylic acids is 1. The van der Waals surface area contributed by atoms with Crippen LogP contribution in [0.15, 0.2) is 53.3 Å². The number of fused-ring (bicyclic) bond motifs is 4. The van der Waals surface area contributed by atoms with Gasteiger partial charge in [-0.25, -0.2) is 4.52 Å². The van der Waals surface area contributed by atoms with Gasteiger partial charge >= 0.3 is 0 Å². The van der Waals surface area contributed by atoms with Crippen LogP contribution in [0.2, 0.25) is 0 Å². The van der Waals surface area contributed by atoms with Crippen molar-refractivity contribution < 1.29 is 4.79 Å². The molecule has 1 aliphatic rings. The van der Waals surface area contributed by atoms with E-state index in [1.165, 1.54) is 15.6 Å². The van der Waals surface area contributed by atoms with Gasteiger partial charge in [-0.2, -0.15) is 0 Å². The third kappa shape index (κ3) is 3.35. The lowest BCUT2D eigenvalue weighted by molar-refractivity contribution is 0.0947. The summed E-state index contributed by atoms with van der Waals surface area (Å²) in [5.41, 5.74) is 4.00. The van der Waals surface area contributed by atoms with Crippen molar-refractivity contribution in [3.63, 3.8) is 0 Å². The molecule has 30 heavy (non-hydrogen) atoms. The minimum Gasteiger partial charge on any atom is -0.351 e. The molecule has 2 N–H and O–H groups in total. The minimum absolute atomic E-state index is 0.0499. The van der Waals surface area contributed by atoms with E-state index in [1.54, 1.807) is 6.07 Å². The first-order valence-electron chi connectivity index (χ1n) is 10.1. The average molecular weight is 402 g/mol. The lowest BCUT2D eigenvalue weighted by Crippen LogP contribution is -2.34. The Balaban J connectivity index is 1.23. The standard InChI is InChI=1S/C22H22N6O2/c29-21(23-11-5-12-27-13-10-15-6-1-2-7-16(15)14-27)19-20-22(30)24-17-8-3-4-9-18(17)28(20)26-25-19/h1-4,6-9H,5,10-14H2,(H,23,29)(H,24,30). The zero-order chi connectivity index (χ0) is 20.5. The molecule has 8 heteroatoms.